The topological polar surface area (TPSA) is 3.24 Å². The Morgan fingerprint density at radius 2 is 0.649 bits per heavy atom. The second-order valence-electron chi connectivity index (χ2n) is 14.9. The van der Waals surface area contributed by atoms with Crippen LogP contribution in [-0.2, 0) is 0 Å². The summed E-state index contributed by atoms with van der Waals surface area (Å²) in [5.41, 5.74) is 10.5. The molecule has 0 spiro atoms. The van der Waals surface area contributed by atoms with Crippen LogP contribution in [0.3, 0.4) is 0 Å². The maximum atomic E-state index is 2.40. The van der Waals surface area contributed by atoms with E-state index in [2.05, 4.69) is 229 Å². The molecular formula is C56H37N. The first-order valence-electron chi connectivity index (χ1n) is 19.7. The summed E-state index contributed by atoms with van der Waals surface area (Å²) in [6, 6.07) is 82.1. The number of hydrogen-bond acceptors (Lipinski definition) is 1. The molecule has 0 amide bonds. The maximum Gasteiger partial charge on any atom is 0.0467 e. The van der Waals surface area contributed by atoms with Crippen LogP contribution in [0.1, 0.15) is 0 Å². The molecule has 0 radical (unpaired) electrons. The van der Waals surface area contributed by atoms with Crippen LogP contribution >= 0.6 is 0 Å². The summed E-state index contributed by atoms with van der Waals surface area (Å²) in [6.07, 6.45) is 0. The fourth-order valence-electron chi connectivity index (χ4n) is 8.83. The third kappa shape index (κ3) is 5.80. The normalized spacial score (nSPS) is 11.5. The molecule has 0 aliphatic rings. The largest absolute Gasteiger partial charge is 0.310 e. The molecule has 1 heteroatoms. The van der Waals surface area contributed by atoms with Crippen molar-refractivity contribution in [2.45, 2.75) is 0 Å². The highest BCUT2D eigenvalue weighted by atomic mass is 15.1. The molecule has 0 aliphatic carbocycles. The van der Waals surface area contributed by atoms with E-state index in [1.54, 1.807) is 0 Å². The van der Waals surface area contributed by atoms with E-state index < -0.39 is 0 Å². The van der Waals surface area contributed by atoms with Crippen LogP contribution < -0.4 is 4.90 Å². The van der Waals surface area contributed by atoms with Gasteiger partial charge in [-0.2, -0.15) is 0 Å². The van der Waals surface area contributed by atoms with Crippen molar-refractivity contribution in [2.24, 2.45) is 0 Å². The lowest BCUT2D eigenvalue weighted by Gasteiger charge is -2.27. The van der Waals surface area contributed by atoms with Crippen molar-refractivity contribution in [1.82, 2.24) is 0 Å². The van der Waals surface area contributed by atoms with Gasteiger partial charge in [0.2, 0.25) is 0 Å². The molecule has 11 rings (SSSR count). The summed E-state index contributed by atoms with van der Waals surface area (Å²) in [7, 11) is 0. The van der Waals surface area contributed by atoms with E-state index in [-0.39, 0.29) is 0 Å². The molecule has 0 aromatic heterocycles. The molecule has 0 aliphatic heterocycles. The Morgan fingerprint density at radius 1 is 0.211 bits per heavy atom. The van der Waals surface area contributed by atoms with Crippen molar-refractivity contribution in [3.05, 3.63) is 224 Å². The number of rotatable bonds is 6. The molecule has 0 atom stereocenters. The minimum absolute atomic E-state index is 1.10. The van der Waals surface area contributed by atoms with Gasteiger partial charge in [0, 0.05) is 17.1 Å². The molecule has 0 unspecified atom stereocenters. The van der Waals surface area contributed by atoms with Gasteiger partial charge in [0.05, 0.1) is 0 Å². The SMILES string of the molecule is c1cc(-c2ccc3ccccc3c2)cc(N(c2ccc(-c3cc4ccccc4c4ccccc34)cc2)c2cccc(-c3cc4ccccc4c4ccccc34)c2)c1. The summed E-state index contributed by atoms with van der Waals surface area (Å²) in [4.78, 5) is 2.40. The molecule has 0 heterocycles. The van der Waals surface area contributed by atoms with Gasteiger partial charge in [-0.25, -0.2) is 0 Å². The van der Waals surface area contributed by atoms with Crippen LogP contribution in [0.4, 0.5) is 17.1 Å². The van der Waals surface area contributed by atoms with Crippen LogP contribution in [0.5, 0.6) is 0 Å². The van der Waals surface area contributed by atoms with E-state index >= 15 is 0 Å². The zero-order chi connectivity index (χ0) is 37.7. The van der Waals surface area contributed by atoms with Gasteiger partial charge < -0.3 is 4.90 Å². The summed E-state index contributed by atoms with van der Waals surface area (Å²) in [5.74, 6) is 0. The Labute approximate surface area is 332 Å². The maximum absolute atomic E-state index is 2.40. The lowest BCUT2D eigenvalue weighted by molar-refractivity contribution is 1.28. The van der Waals surface area contributed by atoms with Crippen molar-refractivity contribution >= 4 is 70.9 Å². The minimum atomic E-state index is 1.10. The Bertz CT molecular complexity index is 3300. The number of hydrogen-bond donors (Lipinski definition) is 0. The molecule has 57 heavy (non-hydrogen) atoms. The second kappa shape index (κ2) is 13.7. The van der Waals surface area contributed by atoms with Crippen molar-refractivity contribution in [1.29, 1.82) is 0 Å². The quantitative estimate of drug-likeness (QED) is 0.154. The van der Waals surface area contributed by atoms with Crippen molar-refractivity contribution in [3.63, 3.8) is 0 Å². The van der Waals surface area contributed by atoms with Crippen LogP contribution in [-0.4, -0.2) is 0 Å². The fraction of sp³-hybridized carbons (Fsp3) is 0. The van der Waals surface area contributed by atoms with Crippen LogP contribution in [0.2, 0.25) is 0 Å². The smallest absolute Gasteiger partial charge is 0.0467 e. The Morgan fingerprint density at radius 3 is 1.26 bits per heavy atom. The standard InChI is InChI=1S/C56H37N/c1-2-14-40-33-42(28-27-38(40)13-1)41-17-11-19-47(34-41)57(46-31-29-39(30-32-46)55-36-44-15-3-5-21-49(44)51-23-7-9-25-53(51)55)48-20-12-18-43(35-48)56-37-45-16-4-6-22-50(45)52-24-8-10-26-54(52)56/h1-37H. The summed E-state index contributed by atoms with van der Waals surface area (Å²) in [5, 5.41) is 12.6. The van der Waals surface area contributed by atoms with Gasteiger partial charge in [0.25, 0.3) is 0 Å². The highest BCUT2D eigenvalue weighted by Crippen LogP contribution is 2.42. The first-order valence-corrected chi connectivity index (χ1v) is 19.7. The van der Waals surface area contributed by atoms with Gasteiger partial charge in [0.1, 0.15) is 0 Å². The highest BCUT2D eigenvalue weighted by molar-refractivity contribution is 6.15. The molecule has 0 bridgehead atoms. The van der Waals surface area contributed by atoms with Crippen LogP contribution in [0.25, 0.3) is 87.2 Å². The Balaban J connectivity index is 1.08. The van der Waals surface area contributed by atoms with Crippen LogP contribution in [0.15, 0.2) is 224 Å². The van der Waals surface area contributed by atoms with Gasteiger partial charge >= 0.3 is 0 Å². The van der Waals surface area contributed by atoms with Crippen molar-refractivity contribution in [2.75, 3.05) is 4.90 Å². The molecule has 11 aromatic rings. The predicted octanol–water partition coefficient (Wildman–Crippen LogP) is 15.9. The molecule has 11 aromatic carbocycles. The number of fused-ring (bicyclic) bond motifs is 7. The van der Waals surface area contributed by atoms with Crippen molar-refractivity contribution in [3.8, 4) is 33.4 Å². The zero-order valence-corrected chi connectivity index (χ0v) is 31.3. The van der Waals surface area contributed by atoms with E-state index in [4.69, 9.17) is 0 Å². The number of anilines is 3. The van der Waals surface area contributed by atoms with E-state index in [0.29, 0.717) is 0 Å². The fourth-order valence-corrected chi connectivity index (χ4v) is 8.83. The molecular weight excluding hydrogens is 687 g/mol. The molecule has 0 fully saturated rings. The molecule has 266 valence electrons. The van der Waals surface area contributed by atoms with Gasteiger partial charge in [-0.05, 0) is 142 Å². The van der Waals surface area contributed by atoms with Crippen LogP contribution in [0, 0.1) is 0 Å². The average Bonchev–Trinajstić information content (AvgIpc) is 3.29. The van der Waals surface area contributed by atoms with Gasteiger partial charge in [-0.15, -0.1) is 0 Å². The minimum Gasteiger partial charge on any atom is -0.310 e. The monoisotopic (exact) mass is 723 g/mol. The second-order valence-corrected chi connectivity index (χ2v) is 14.9. The van der Waals surface area contributed by atoms with E-state index in [1.165, 1.54) is 87.2 Å². The summed E-state index contributed by atoms with van der Waals surface area (Å²) in [6.45, 7) is 0. The average molecular weight is 724 g/mol. The molecule has 0 saturated heterocycles. The lowest BCUT2D eigenvalue weighted by Crippen LogP contribution is -2.10. The third-order valence-corrected chi connectivity index (χ3v) is 11.6. The van der Waals surface area contributed by atoms with Gasteiger partial charge in [-0.1, -0.05) is 170 Å². The first kappa shape index (κ1) is 32.9. The lowest BCUT2D eigenvalue weighted by atomic mass is 9.92. The number of benzene rings is 11. The van der Waals surface area contributed by atoms with Crippen molar-refractivity contribution < 1.29 is 0 Å². The van der Waals surface area contributed by atoms with E-state index in [9.17, 15) is 0 Å². The van der Waals surface area contributed by atoms with Gasteiger partial charge in [-0.3, -0.25) is 0 Å². The van der Waals surface area contributed by atoms with E-state index in [0.717, 1.165) is 17.1 Å². The van der Waals surface area contributed by atoms with Gasteiger partial charge in [0.15, 0.2) is 0 Å². The zero-order valence-electron chi connectivity index (χ0n) is 31.3. The predicted molar refractivity (Wildman–Crippen MR) is 245 cm³/mol. The first-order chi connectivity index (χ1) is 28.2. The number of nitrogens with zero attached hydrogens (tertiary/aromatic N) is 1. The Kier molecular flexibility index (Phi) is 7.89. The molecule has 0 N–H and O–H groups in total. The summed E-state index contributed by atoms with van der Waals surface area (Å²) >= 11 is 0. The summed E-state index contributed by atoms with van der Waals surface area (Å²) < 4.78 is 0. The third-order valence-electron chi connectivity index (χ3n) is 11.6. The molecule has 0 saturated carbocycles. The van der Waals surface area contributed by atoms with E-state index in [1.807, 2.05) is 0 Å². The Hall–Kier alpha value is -7.48. The highest BCUT2D eigenvalue weighted by Gasteiger charge is 2.17. The molecule has 1 nitrogen and oxygen atoms in total.